The van der Waals surface area contributed by atoms with E-state index in [1.807, 2.05) is 28.8 Å². The SMILES string of the molecule is COc1ccc(-c2ccnc3c2CC(=O)N3)c2nccn12. The van der Waals surface area contributed by atoms with Crippen LogP contribution in [-0.2, 0) is 11.2 Å². The number of hydrogen-bond acceptors (Lipinski definition) is 4. The van der Waals surface area contributed by atoms with E-state index >= 15 is 0 Å². The van der Waals surface area contributed by atoms with Crippen LogP contribution in [0.1, 0.15) is 5.56 Å². The number of aromatic nitrogens is 3. The average molecular weight is 280 g/mol. The minimum absolute atomic E-state index is 0.0298. The topological polar surface area (TPSA) is 68.5 Å². The van der Waals surface area contributed by atoms with Crippen LogP contribution in [0.4, 0.5) is 5.82 Å². The van der Waals surface area contributed by atoms with Gasteiger partial charge in [0.2, 0.25) is 5.91 Å². The van der Waals surface area contributed by atoms with Gasteiger partial charge in [0.1, 0.15) is 11.5 Å². The van der Waals surface area contributed by atoms with E-state index in [4.69, 9.17) is 4.74 Å². The number of methoxy groups -OCH3 is 1. The summed E-state index contributed by atoms with van der Waals surface area (Å²) in [5.41, 5.74) is 3.63. The van der Waals surface area contributed by atoms with Gasteiger partial charge in [-0.15, -0.1) is 0 Å². The van der Waals surface area contributed by atoms with Crippen molar-refractivity contribution in [2.75, 3.05) is 12.4 Å². The number of imidazole rings is 1. The second-order valence-corrected chi connectivity index (χ2v) is 4.82. The molecule has 1 aliphatic rings. The van der Waals surface area contributed by atoms with E-state index in [2.05, 4.69) is 15.3 Å². The quantitative estimate of drug-likeness (QED) is 0.778. The summed E-state index contributed by atoms with van der Waals surface area (Å²) >= 11 is 0. The highest BCUT2D eigenvalue weighted by molar-refractivity contribution is 6.01. The average Bonchev–Trinajstić information content (AvgIpc) is 3.11. The molecule has 4 heterocycles. The Hall–Kier alpha value is -2.89. The van der Waals surface area contributed by atoms with E-state index in [0.717, 1.165) is 22.3 Å². The summed E-state index contributed by atoms with van der Waals surface area (Å²) in [6, 6.07) is 5.76. The van der Waals surface area contributed by atoms with E-state index in [9.17, 15) is 4.79 Å². The summed E-state index contributed by atoms with van der Waals surface area (Å²) in [5.74, 6) is 1.32. The molecule has 3 aromatic rings. The van der Waals surface area contributed by atoms with Crippen molar-refractivity contribution in [2.45, 2.75) is 6.42 Å². The largest absolute Gasteiger partial charge is 0.482 e. The Bertz CT molecular complexity index is 869. The minimum Gasteiger partial charge on any atom is -0.482 e. The van der Waals surface area contributed by atoms with Gasteiger partial charge in [-0.3, -0.25) is 9.20 Å². The Kier molecular flexibility index (Phi) is 2.44. The Labute approximate surface area is 120 Å². The van der Waals surface area contributed by atoms with Gasteiger partial charge in [-0.05, 0) is 23.8 Å². The summed E-state index contributed by atoms with van der Waals surface area (Å²) in [7, 11) is 1.63. The maximum absolute atomic E-state index is 11.6. The lowest BCUT2D eigenvalue weighted by atomic mass is 10.0. The standard InChI is InChI=1S/C15H12N4O2/c1-21-13-3-2-10(15-17-6-7-19(13)15)9-4-5-16-14-11(9)8-12(20)18-14/h2-7H,8H2,1H3,(H,16,18,20). The first kappa shape index (κ1) is 11.9. The summed E-state index contributed by atoms with van der Waals surface area (Å²) in [4.78, 5) is 20.2. The van der Waals surface area contributed by atoms with Crippen LogP contribution >= 0.6 is 0 Å². The Morgan fingerprint density at radius 2 is 2.10 bits per heavy atom. The molecule has 6 heteroatoms. The zero-order chi connectivity index (χ0) is 14.4. The molecule has 104 valence electrons. The van der Waals surface area contributed by atoms with Crippen molar-refractivity contribution in [2.24, 2.45) is 0 Å². The van der Waals surface area contributed by atoms with Crippen LogP contribution in [0.25, 0.3) is 16.8 Å². The number of carbonyl (C=O) groups is 1. The molecular formula is C15H12N4O2. The highest BCUT2D eigenvalue weighted by atomic mass is 16.5. The molecule has 0 saturated carbocycles. The first-order valence-electron chi connectivity index (χ1n) is 6.56. The molecule has 0 unspecified atom stereocenters. The Balaban J connectivity index is 1.99. The van der Waals surface area contributed by atoms with Crippen LogP contribution < -0.4 is 10.1 Å². The molecular weight excluding hydrogens is 268 g/mol. The first-order chi connectivity index (χ1) is 10.3. The fraction of sp³-hybridized carbons (Fsp3) is 0.133. The number of ether oxygens (including phenoxy) is 1. The maximum atomic E-state index is 11.6. The van der Waals surface area contributed by atoms with Crippen LogP contribution in [0.5, 0.6) is 5.88 Å². The number of amides is 1. The molecule has 0 aromatic carbocycles. The van der Waals surface area contributed by atoms with Gasteiger partial charge in [0.25, 0.3) is 0 Å². The van der Waals surface area contributed by atoms with E-state index < -0.39 is 0 Å². The molecule has 4 rings (SSSR count). The van der Waals surface area contributed by atoms with Crippen molar-refractivity contribution in [3.8, 4) is 17.0 Å². The molecule has 1 amide bonds. The number of pyridine rings is 2. The normalized spacial score (nSPS) is 13.3. The van der Waals surface area contributed by atoms with E-state index in [0.29, 0.717) is 18.1 Å². The lowest BCUT2D eigenvalue weighted by Crippen LogP contribution is -2.04. The lowest BCUT2D eigenvalue weighted by Gasteiger charge is -2.10. The fourth-order valence-electron chi connectivity index (χ4n) is 2.73. The second kappa shape index (κ2) is 4.31. The number of hydrogen-bond donors (Lipinski definition) is 1. The predicted octanol–water partition coefficient (Wildman–Crippen LogP) is 1.90. The zero-order valence-electron chi connectivity index (χ0n) is 11.3. The summed E-state index contributed by atoms with van der Waals surface area (Å²) in [6.07, 6.45) is 5.62. The summed E-state index contributed by atoms with van der Waals surface area (Å²) < 4.78 is 7.21. The van der Waals surface area contributed by atoms with Crippen LogP contribution in [0.2, 0.25) is 0 Å². The third-order valence-corrected chi connectivity index (χ3v) is 3.66. The number of carbonyl (C=O) groups excluding carboxylic acids is 1. The van der Waals surface area contributed by atoms with Gasteiger partial charge in [0.05, 0.1) is 13.5 Å². The van der Waals surface area contributed by atoms with E-state index in [1.165, 1.54) is 0 Å². The van der Waals surface area contributed by atoms with E-state index in [1.54, 1.807) is 19.5 Å². The van der Waals surface area contributed by atoms with Crippen molar-refractivity contribution in [1.82, 2.24) is 14.4 Å². The number of rotatable bonds is 2. The van der Waals surface area contributed by atoms with Gasteiger partial charge in [0.15, 0.2) is 5.88 Å². The molecule has 0 saturated heterocycles. The maximum Gasteiger partial charge on any atom is 0.230 e. The zero-order valence-corrected chi connectivity index (χ0v) is 11.3. The fourth-order valence-corrected chi connectivity index (χ4v) is 2.73. The number of fused-ring (bicyclic) bond motifs is 2. The molecule has 0 fully saturated rings. The first-order valence-corrected chi connectivity index (χ1v) is 6.56. The molecule has 0 spiro atoms. The Morgan fingerprint density at radius 1 is 1.19 bits per heavy atom. The number of anilines is 1. The van der Waals surface area contributed by atoms with Gasteiger partial charge >= 0.3 is 0 Å². The predicted molar refractivity (Wildman–Crippen MR) is 77.3 cm³/mol. The van der Waals surface area contributed by atoms with Gasteiger partial charge in [-0.2, -0.15) is 0 Å². The molecule has 0 bridgehead atoms. The van der Waals surface area contributed by atoms with Gasteiger partial charge < -0.3 is 10.1 Å². The van der Waals surface area contributed by atoms with Crippen LogP contribution in [0.3, 0.4) is 0 Å². The van der Waals surface area contributed by atoms with Crippen LogP contribution in [0, 0.1) is 0 Å². The molecule has 3 aromatic heterocycles. The molecule has 0 atom stereocenters. The Morgan fingerprint density at radius 3 is 2.95 bits per heavy atom. The third kappa shape index (κ3) is 1.69. The van der Waals surface area contributed by atoms with Crippen molar-refractivity contribution < 1.29 is 9.53 Å². The van der Waals surface area contributed by atoms with E-state index in [-0.39, 0.29) is 5.91 Å². The second-order valence-electron chi connectivity index (χ2n) is 4.82. The molecule has 0 radical (unpaired) electrons. The van der Waals surface area contributed by atoms with Crippen LogP contribution in [0.15, 0.2) is 36.8 Å². The smallest absolute Gasteiger partial charge is 0.230 e. The molecule has 21 heavy (non-hydrogen) atoms. The highest BCUT2D eigenvalue weighted by Crippen LogP contribution is 2.34. The van der Waals surface area contributed by atoms with Gasteiger partial charge in [-0.1, -0.05) is 0 Å². The van der Waals surface area contributed by atoms with Crippen LogP contribution in [-0.4, -0.2) is 27.4 Å². The van der Waals surface area contributed by atoms with Crippen molar-refractivity contribution in [3.05, 3.63) is 42.4 Å². The minimum atomic E-state index is -0.0298. The van der Waals surface area contributed by atoms with Crippen molar-refractivity contribution in [3.63, 3.8) is 0 Å². The molecule has 1 N–H and O–H groups in total. The lowest BCUT2D eigenvalue weighted by molar-refractivity contribution is -0.115. The third-order valence-electron chi connectivity index (χ3n) is 3.66. The van der Waals surface area contributed by atoms with Crippen molar-refractivity contribution >= 4 is 17.4 Å². The summed E-state index contributed by atoms with van der Waals surface area (Å²) in [5, 5.41) is 2.77. The molecule has 0 aliphatic carbocycles. The van der Waals surface area contributed by atoms with Gasteiger partial charge in [0, 0.05) is 29.7 Å². The highest BCUT2D eigenvalue weighted by Gasteiger charge is 2.23. The number of nitrogens with one attached hydrogen (secondary N) is 1. The van der Waals surface area contributed by atoms with Gasteiger partial charge in [-0.25, -0.2) is 9.97 Å². The summed E-state index contributed by atoms with van der Waals surface area (Å²) in [6.45, 7) is 0. The monoisotopic (exact) mass is 280 g/mol. The van der Waals surface area contributed by atoms with Crippen molar-refractivity contribution in [1.29, 1.82) is 0 Å². The molecule has 6 nitrogen and oxygen atoms in total. The molecule has 1 aliphatic heterocycles. The number of nitrogens with zero attached hydrogens (tertiary/aromatic N) is 3.